The molecule has 0 saturated heterocycles. The van der Waals surface area contributed by atoms with Gasteiger partial charge in [0.15, 0.2) is 4.96 Å². The Bertz CT molecular complexity index is 434. The maximum absolute atomic E-state index is 5.76. The second-order valence-corrected chi connectivity index (χ2v) is 5.68. The van der Waals surface area contributed by atoms with Gasteiger partial charge < -0.3 is 0 Å². The second kappa shape index (κ2) is 5.85. The Hall–Kier alpha value is -0.580. The van der Waals surface area contributed by atoms with Crippen LogP contribution < -0.4 is 0 Å². The molecule has 2 aromatic heterocycles. The molecule has 0 aliphatic carbocycles. The number of nitrogens with zero attached hydrogens (tertiary/aromatic N) is 3. The maximum atomic E-state index is 5.76. The Morgan fingerprint density at radius 2 is 2.35 bits per heavy atom. The first-order valence-corrected chi connectivity index (χ1v) is 7.33. The fourth-order valence-electron chi connectivity index (χ4n) is 1.84. The van der Waals surface area contributed by atoms with Crippen LogP contribution in [0.15, 0.2) is 17.8 Å². The van der Waals surface area contributed by atoms with E-state index in [9.17, 15) is 0 Å². The number of fused-ring (bicyclic) bond motifs is 1. The molecule has 94 valence electrons. The molecule has 3 nitrogen and oxygen atoms in total. The number of hydrogen-bond acceptors (Lipinski definition) is 3. The molecule has 2 heterocycles. The van der Waals surface area contributed by atoms with E-state index in [0.29, 0.717) is 6.04 Å². The Kier molecular flexibility index (Phi) is 4.42. The van der Waals surface area contributed by atoms with Gasteiger partial charge in [0, 0.05) is 36.2 Å². The van der Waals surface area contributed by atoms with Crippen LogP contribution in [0.5, 0.6) is 0 Å². The highest BCUT2D eigenvalue weighted by atomic mass is 35.5. The van der Waals surface area contributed by atoms with Crippen LogP contribution >= 0.6 is 22.9 Å². The van der Waals surface area contributed by atoms with Gasteiger partial charge in [-0.2, -0.15) is 0 Å². The van der Waals surface area contributed by atoms with Crippen molar-refractivity contribution >= 4 is 27.9 Å². The topological polar surface area (TPSA) is 20.5 Å². The lowest BCUT2D eigenvalue weighted by Crippen LogP contribution is -2.31. The molecule has 0 spiro atoms. The van der Waals surface area contributed by atoms with Crippen LogP contribution in [-0.4, -0.2) is 32.8 Å². The summed E-state index contributed by atoms with van der Waals surface area (Å²) in [6.07, 6.45) is 5.19. The first kappa shape index (κ1) is 12.9. The van der Waals surface area contributed by atoms with Crippen LogP contribution in [0, 0.1) is 0 Å². The summed E-state index contributed by atoms with van der Waals surface area (Å²) < 4.78 is 2.08. The van der Waals surface area contributed by atoms with Crippen LogP contribution in [-0.2, 0) is 6.54 Å². The van der Waals surface area contributed by atoms with Gasteiger partial charge in [-0.05, 0) is 26.8 Å². The highest BCUT2D eigenvalue weighted by molar-refractivity contribution is 7.15. The minimum absolute atomic E-state index is 0.526. The zero-order valence-electron chi connectivity index (χ0n) is 10.3. The third kappa shape index (κ3) is 3.21. The van der Waals surface area contributed by atoms with E-state index in [-0.39, 0.29) is 0 Å². The minimum atomic E-state index is 0.526. The first-order valence-electron chi connectivity index (χ1n) is 5.92. The Balaban J connectivity index is 2.04. The molecule has 0 radical (unpaired) electrons. The molecule has 17 heavy (non-hydrogen) atoms. The van der Waals surface area contributed by atoms with Crippen molar-refractivity contribution in [2.75, 3.05) is 12.4 Å². The summed E-state index contributed by atoms with van der Waals surface area (Å²) in [5, 5.41) is 2.06. The van der Waals surface area contributed by atoms with E-state index >= 15 is 0 Å². The lowest BCUT2D eigenvalue weighted by Gasteiger charge is -2.25. The van der Waals surface area contributed by atoms with Gasteiger partial charge in [0.2, 0.25) is 0 Å². The maximum Gasteiger partial charge on any atom is 0.193 e. The van der Waals surface area contributed by atoms with Gasteiger partial charge in [-0.25, -0.2) is 4.98 Å². The predicted molar refractivity (Wildman–Crippen MR) is 74.0 cm³/mol. The summed E-state index contributed by atoms with van der Waals surface area (Å²) >= 11 is 7.43. The minimum Gasteiger partial charge on any atom is -0.297 e. The number of rotatable bonds is 6. The van der Waals surface area contributed by atoms with Crippen molar-refractivity contribution in [2.45, 2.75) is 32.9 Å². The van der Waals surface area contributed by atoms with E-state index in [1.165, 1.54) is 0 Å². The van der Waals surface area contributed by atoms with E-state index in [2.05, 4.69) is 45.9 Å². The molecule has 5 heteroatoms. The second-order valence-electron chi connectivity index (χ2n) is 4.43. The van der Waals surface area contributed by atoms with Crippen molar-refractivity contribution in [3.05, 3.63) is 23.5 Å². The average molecular weight is 272 g/mol. The van der Waals surface area contributed by atoms with Gasteiger partial charge in [0.1, 0.15) is 0 Å². The third-order valence-corrected chi connectivity index (χ3v) is 3.86. The average Bonchev–Trinajstić information content (AvgIpc) is 2.83. The van der Waals surface area contributed by atoms with Crippen molar-refractivity contribution in [2.24, 2.45) is 0 Å². The predicted octanol–water partition coefficient (Wildman–Crippen LogP) is 3.24. The van der Waals surface area contributed by atoms with Gasteiger partial charge >= 0.3 is 0 Å². The largest absolute Gasteiger partial charge is 0.297 e. The van der Waals surface area contributed by atoms with Gasteiger partial charge in [-0.1, -0.05) is 0 Å². The molecule has 0 fully saturated rings. The molecule has 0 unspecified atom stereocenters. The number of thiazole rings is 1. The van der Waals surface area contributed by atoms with E-state index in [0.717, 1.165) is 36.0 Å². The summed E-state index contributed by atoms with van der Waals surface area (Å²) in [6.45, 7) is 6.37. The molecular weight excluding hydrogens is 254 g/mol. The van der Waals surface area contributed by atoms with E-state index < -0.39 is 0 Å². The number of alkyl halides is 1. The van der Waals surface area contributed by atoms with Gasteiger partial charge in [0.25, 0.3) is 0 Å². The van der Waals surface area contributed by atoms with Crippen LogP contribution in [0.2, 0.25) is 0 Å². The quantitative estimate of drug-likeness (QED) is 0.752. The van der Waals surface area contributed by atoms with Crippen LogP contribution in [0.25, 0.3) is 4.96 Å². The van der Waals surface area contributed by atoms with Gasteiger partial charge in [-0.15, -0.1) is 22.9 Å². The monoisotopic (exact) mass is 271 g/mol. The Morgan fingerprint density at radius 3 is 3.00 bits per heavy atom. The smallest absolute Gasteiger partial charge is 0.193 e. The van der Waals surface area contributed by atoms with Crippen molar-refractivity contribution in [1.29, 1.82) is 0 Å². The molecule has 0 amide bonds. The van der Waals surface area contributed by atoms with E-state index in [1.54, 1.807) is 11.3 Å². The summed E-state index contributed by atoms with van der Waals surface area (Å²) in [5.41, 5.74) is 1.14. The molecule has 0 aromatic carbocycles. The first-order chi connectivity index (χ1) is 8.20. The summed E-state index contributed by atoms with van der Waals surface area (Å²) in [7, 11) is 0. The van der Waals surface area contributed by atoms with Crippen molar-refractivity contribution in [1.82, 2.24) is 14.3 Å². The van der Waals surface area contributed by atoms with Crippen molar-refractivity contribution < 1.29 is 0 Å². The zero-order chi connectivity index (χ0) is 12.3. The number of aromatic nitrogens is 2. The summed E-state index contributed by atoms with van der Waals surface area (Å²) in [5.74, 6) is 0.724. The Morgan fingerprint density at radius 1 is 1.53 bits per heavy atom. The molecule has 0 aliphatic rings. The summed E-state index contributed by atoms with van der Waals surface area (Å²) in [6, 6.07) is 0.526. The molecule has 2 rings (SSSR count). The number of imidazole rings is 1. The highest BCUT2D eigenvalue weighted by Crippen LogP contribution is 2.14. The number of hydrogen-bond donors (Lipinski definition) is 0. The third-order valence-electron chi connectivity index (χ3n) is 2.82. The lowest BCUT2D eigenvalue weighted by molar-refractivity contribution is 0.211. The fourth-order valence-corrected chi connectivity index (χ4v) is 2.68. The van der Waals surface area contributed by atoms with Gasteiger partial charge in [0.05, 0.1) is 5.69 Å². The Labute approximate surface area is 111 Å². The highest BCUT2D eigenvalue weighted by Gasteiger charge is 2.12. The van der Waals surface area contributed by atoms with Crippen molar-refractivity contribution in [3.8, 4) is 0 Å². The molecule has 0 saturated carbocycles. The summed E-state index contributed by atoms with van der Waals surface area (Å²) in [4.78, 5) is 8.09. The molecule has 0 bridgehead atoms. The molecule has 2 aromatic rings. The van der Waals surface area contributed by atoms with Crippen molar-refractivity contribution in [3.63, 3.8) is 0 Å². The van der Waals surface area contributed by atoms with Crippen LogP contribution in [0.1, 0.15) is 26.0 Å². The SMILES string of the molecule is CC(C)N(CCCCl)Cc1cn2ccsc2n1. The van der Waals surface area contributed by atoms with Crippen LogP contribution in [0.4, 0.5) is 0 Å². The molecule has 0 aliphatic heterocycles. The lowest BCUT2D eigenvalue weighted by atomic mass is 10.2. The molecule has 0 N–H and O–H groups in total. The van der Waals surface area contributed by atoms with Gasteiger partial charge in [-0.3, -0.25) is 9.30 Å². The van der Waals surface area contributed by atoms with E-state index in [1.807, 2.05) is 0 Å². The normalized spacial score (nSPS) is 12.1. The number of halogens is 1. The van der Waals surface area contributed by atoms with Crippen LogP contribution in [0.3, 0.4) is 0 Å². The molecule has 0 atom stereocenters. The standard InChI is InChI=1S/C12H18ClN3S/c1-10(2)15(5-3-4-13)8-11-9-16-6-7-17-12(16)14-11/h6-7,9-10H,3-5,8H2,1-2H3. The zero-order valence-corrected chi connectivity index (χ0v) is 11.8. The fraction of sp³-hybridized carbons (Fsp3) is 0.583. The van der Waals surface area contributed by atoms with E-state index in [4.69, 9.17) is 11.6 Å². The molecular formula is C12H18ClN3S.